The summed E-state index contributed by atoms with van der Waals surface area (Å²) >= 11 is 3.39. The van der Waals surface area contributed by atoms with Gasteiger partial charge < -0.3 is 9.84 Å². The molecule has 23 heavy (non-hydrogen) atoms. The summed E-state index contributed by atoms with van der Waals surface area (Å²) in [5.74, 6) is 0.605. The van der Waals surface area contributed by atoms with Crippen molar-refractivity contribution in [2.24, 2.45) is 0 Å². The van der Waals surface area contributed by atoms with Gasteiger partial charge in [0.2, 0.25) is 5.89 Å². The van der Waals surface area contributed by atoms with Crippen LogP contribution in [-0.4, -0.2) is 26.2 Å². The highest BCUT2D eigenvalue weighted by Gasteiger charge is 2.18. The maximum atomic E-state index is 12.3. The highest BCUT2D eigenvalue weighted by atomic mass is 79.9. The molecule has 0 fully saturated rings. The first-order valence-electron chi connectivity index (χ1n) is 6.95. The molecule has 8 heteroatoms. The van der Waals surface area contributed by atoms with Crippen molar-refractivity contribution in [3.05, 3.63) is 52.2 Å². The van der Waals surface area contributed by atoms with Crippen LogP contribution in [0.25, 0.3) is 11.3 Å². The molecule has 2 heterocycles. The van der Waals surface area contributed by atoms with Gasteiger partial charge in [-0.2, -0.15) is 10.1 Å². The average molecular weight is 376 g/mol. The fraction of sp³-hybridized carbons (Fsp3) is 0.200. The second-order valence-electron chi connectivity index (χ2n) is 5.05. The van der Waals surface area contributed by atoms with Crippen molar-refractivity contribution in [2.45, 2.75) is 19.9 Å². The number of aryl methyl sites for hydroxylation is 1. The summed E-state index contributed by atoms with van der Waals surface area (Å²) in [6.07, 6.45) is 0. The Bertz CT molecular complexity index is 825. The van der Waals surface area contributed by atoms with E-state index < -0.39 is 0 Å². The third-order valence-electron chi connectivity index (χ3n) is 3.22. The van der Waals surface area contributed by atoms with Crippen molar-refractivity contribution in [3.63, 3.8) is 0 Å². The van der Waals surface area contributed by atoms with E-state index in [9.17, 15) is 4.79 Å². The molecule has 0 spiro atoms. The van der Waals surface area contributed by atoms with Crippen LogP contribution in [0.2, 0.25) is 0 Å². The smallest absolute Gasteiger partial charge is 0.269 e. The normalized spacial score (nSPS) is 12.1. The molecule has 0 radical (unpaired) electrons. The number of rotatable bonds is 4. The van der Waals surface area contributed by atoms with Gasteiger partial charge in [0.15, 0.2) is 5.82 Å². The molecule has 0 aliphatic carbocycles. The molecule has 7 nitrogen and oxygen atoms in total. The van der Waals surface area contributed by atoms with Crippen LogP contribution in [0.3, 0.4) is 0 Å². The number of aromatic amines is 1. The summed E-state index contributed by atoms with van der Waals surface area (Å²) in [4.78, 5) is 16.3. The van der Waals surface area contributed by atoms with E-state index in [0.29, 0.717) is 23.1 Å². The third-order valence-corrected chi connectivity index (χ3v) is 3.75. The predicted octanol–water partition coefficient (Wildman–Crippen LogP) is 3.02. The zero-order chi connectivity index (χ0) is 16.4. The van der Waals surface area contributed by atoms with Crippen LogP contribution in [0.15, 0.2) is 39.3 Å². The second kappa shape index (κ2) is 6.33. The summed E-state index contributed by atoms with van der Waals surface area (Å²) in [5, 5.41) is 13.4. The number of nitrogens with one attached hydrogen (secondary N) is 2. The molecule has 0 unspecified atom stereocenters. The van der Waals surface area contributed by atoms with E-state index in [0.717, 1.165) is 10.0 Å². The number of aromatic nitrogens is 4. The molecule has 0 saturated carbocycles. The zero-order valence-electron chi connectivity index (χ0n) is 12.5. The molecule has 0 aliphatic heterocycles. The molecular formula is C15H14BrN5O2. The summed E-state index contributed by atoms with van der Waals surface area (Å²) in [6, 6.07) is 9.00. The topological polar surface area (TPSA) is 96.7 Å². The van der Waals surface area contributed by atoms with Gasteiger partial charge in [0, 0.05) is 10.0 Å². The van der Waals surface area contributed by atoms with Gasteiger partial charge in [-0.3, -0.25) is 9.89 Å². The Morgan fingerprint density at radius 1 is 1.35 bits per heavy atom. The van der Waals surface area contributed by atoms with E-state index in [-0.39, 0.29) is 11.9 Å². The first kappa shape index (κ1) is 15.4. The van der Waals surface area contributed by atoms with E-state index in [1.54, 1.807) is 19.9 Å². The predicted molar refractivity (Wildman–Crippen MR) is 86.6 cm³/mol. The minimum Gasteiger partial charge on any atom is -0.339 e. The highest BCUT2D eigenvalue weighted by molar-refractivity contribution is 9.10. The van der Waals surface area contributed by atoms with Crippen LogP contribution in [0, 0.1) is 6.92 Å². The lowest BCUT2D eigenvalue weighted by Gasteiger charge is -2.07. The fourth-order valence-electron chi connectivity index (χ4n) is 2.03. The maximum absolute atomic E-state index is 12.3. The Labute approximate surface area is 140 Å². The Balaban J connectivity index is 1.72. The number of amides is 1. The van der Waals surface area contributed by atoms with Crippen LogP contribution in [-0.2, 0) is 0 Å². The van der Waals surface area contributed by atoms with Crippen LogP contribution < -0.4 is 5.32 Å². The number of H-pyrrole nitrogens is 1. The Morgan fingerprint density at radius 3 is 2.74 bits per heavy atom. The molecule has 2 N–H and O–H groups in total. The first-order chi connectivity index (χ1) is 11.0. The SMILES string of the molecule is Cc1noc([C@@H](C)NC(=O)c2cc(-c3ccc(Br)cc3)n[nH]2)n1. The molecule has 1 atom stereocenters. The van der Waals surface area contributed by atoms with Crippen LogP contribution in [0.5, 0.6) is 0 Å². The molecular weight excluding hydrogens is 362 g/mol. The van der Waals surface area contributed by atoms with Gasteiger partial charge in [0.25, 0.3) is 5.91 Å². The third kappa shape index (κ3) is 3.48. The van der Waals surface area contributed by atoms with Gasteiger partial charge in [0.1, 0.15) is 11.7 Å². The lowest BCUT2D eigenvalue weighted by atomic mass is 10.1. The molecule has 3 rings (SSSR count). The molecule has 3 aromatic rings. The summed E-state index contributed by atoms with van der Waals surface area (Å²) < 4.78 is 6.03. The van der Waals surface area contributed by atoms with E-state index in [2.05, 4.69) is 41.6 Å². The number of nitrogens with zero attached hydrogens (tertiary/aromatic N) is 3. The Morgan fingerprint density at radius 2 is 2.09 bits per heavy atom. The maximum Gasteiger partial charge on any atom is 0.269 e. The molecule has 1 amide bonds. The van der Waals surface area contributed by atoms with Crippen molar-refractivity contribution in [2.75, 3.05) is 0 Å². The van der Waals surface area contributed by atoms with E-state index in [4.69, 9.17) is 4.52 Å². The molecule has 2 aromatic heterocycles. The quantitative estimate of drug-likeness (QED) is 0.730. The molecule has 118 valence electrons. The fourth-order valence-corrected chi connectivity index (χ4v) is 2.30. The number of carbonyl (C=O) groups excluding carboxylic acids is 1. The van der Waals surface area contributed by atoms with Gasteiger partial charge in [-0.1, -0.05) is 33.2 Å². The number of hydrogen-bond acceptors (Lipinski definition) is 5. The van der Waals surface area contributed by atoms with Crippen LogP contribution in [0.4, 0.5) is 0 Å². The Hall–Kier alpha value is -2.48. The lowest BCUT2D eigenvalue weighted by molar-refractivity contribution is 0.0927. The standard InChI is InChI=1S/C15H14BrN5O2/c1-8(15-18-9(2)21-23-15)17-14(22)13-7-12(19-20-13)10-3-5-11(16)6-4-10/h3-8H,1-2H3,(H,17,22)(H,19,20)/t8-/m1/s1. The molecule has 0 saturated heterocycles. The van der Waals surface area contributed by atoms with Crippen molar-refractivity contribution in [1.29, 1.82) is 0 Å². The minimum atomic E-state index is -0.386. The Kier molecular flexibility index (Phi) is 4.24. The van der Waals surface area contributed by atoms with Crippen LogP contribution in [0.1, 0.15) is 35.2 Å². The van der Waals surface area contributed by atoms with Gasteiger partial charge >= 0.3 is 0 Å². The van der Waals surface area contributed by atoms with Crippen molar-refractivity contribution < 1.29 is 9.32 Å². The molecule has 1 aromatic carbocycles. The molecule has 0 aliphatic rings. The minimum absolute atomic E-state index is 0.288. The van der Waals surface area contributed by atoms with Crippen molar-refractivity contribution in [1.82, 2.24) is 25.7 Å². The summed E-state index contributed by atoms with van der Waals surface area (Å²) in [6.45, 7) is 3.50. The number of benzene rings is 1. The van der Waals surface area contributed by atoms with E-state index in [1.165, 1.54) is 0 Å². The summed E-state index contributed by atoms with van der Waals surface area (Å²) in [7, 11) is 0. The summed E-state index contributed by atoms with van der Waals surface area (Å²) in [5.41, 5.74) is 1.99. The second-order valence-corrected chi connectivity index (χ2v) is 5.96. The van der Waals surface area contributed by atoms with Gasteiger partial charge in [-0.05, 0) is 32.0 Å². The van der Waals surface area contributed by atoms with Gasteiger partial charge in [-0.15, -0.1) is 0 Å². The number of carbonyl (C=O) groups is 1. The average Bonchev–Trinajstić information content (AvgIpc) is 3.17. The zero-order valence-corrected chi connectivity index (χ0v) is 14.1. The highest BCUT2D eigenvalue weighted by Crippen LogP contribution is 2.20. The number of halogens is 1. The van der Waals surface area contributed by atoms with Crippen LogP contribution >= 0.6 is 15.9 Å². The first-order valence-corrected chi connectivity index (χ1v) is 7.74. The molecule has 0 bridgehead atoms. The van der Waals surface area contributed by atoms with E-state index in [1.807, 2.05) is 24.3 Å². The van der Waals surface area contributed by atoms with Crippen molar-refractivity contribution in [3.8, 4) is 11.3 Å². The largest absolute Gasteiger partial charge is 0.339 e. The number of hydrogen-bond donors (Lipinski definition) is 2. The van der Waals surface area contributed by atoms with Gasteiger partial charge in [-0.25, -0.2) is 0 Å². The lowest BCUT2D eigenvalue weighted by Crippen LogP contribution is -2.27. The van der Waals surface area contributed by atoms with E-state index >= 15 is 0 Å². The van der Waals surface area contributed by atoms with Crippen molar-refractivity contribution >= 4 is 21.8 Å². The van der Waals surface area contributed by atoms with Gasteiger partial charge in [0.05, 0.1) is 5.69 Å². The monoisotopic (exact) mass is 375 g/mol.